The molecule has 0 fully saturated rings. The quantitative estimate of drug-likeness (QED) is 0.918. The van der Waals surface area contributed by atoms with Crippen molar-refractivity contribution >= 4 is 22.8 Å². The van der Waals surface area contributed by atoms with Gasteiger partial charge in [0.25, 0.3) is 0 Å². The number of rotatable bonds is 5. The molecular formula is C16H20N2O3. The second-order valence-corrected chi connectivity index (χ2v) is 5.20. The maximum atomic E-state index is 12.4. The van der Waals surface area contributed by atoms with E-state index in [0.717, 1.165) is 16.6 Å². The molecule has 1 aromatic carbocycles. The first kappa shape index (κ1) is 15.1. The molecular weight excluding hydrogens is 268 g/mol. The van der Waals surface area contributed by atoms with Gasteiger partial charge in [0, 0.05) is 18.3 Å². The first-order valence-corrected chi connectivity index (χ1v) is 6.99. The number of aryl methyl sites for hydroxylation is 1. The van der Waals surface area contributed by atoms with E-state index < -0.39 is 12.0 Å². The molecule has 21 heavy (non-hydrogen) atoms. The molecule has 1 unspecified atom stereocenters. The molecule has 1 N–H and O–H groups in total. The van der Waals surface area contributed by atoms with Crippen LogP contribution in [0.5, 0.6) is 0 Å². The fourth-order valence-electron chi connectivity index (χ4n) is 2.59. The number of carboxylic acid groups (broad SMARTS) is 1. The van der Waals surface area contributed by atoms with Gasteiger partial charge in [0.05, 0.1) is 0 Å². The Morgan fingerprint density at radius 3 is 2.62 bits per heavy atom. The zero-order valence-electron chi connectivity index (χ0n) is 12.5. The lowest BCUT2D eigenvalue weighted by Crippen LogP contribution is -2.43. The lowest BCUT2D eigenvalue weighted by Gasteiger charge is -2.24. The van der Waals surface area contributed by atoms with E-state index in [1.54, 1.807) is 14.0 Å². The van der Waals surface area contributed by atoms with Gasteiger partial charge in [-0.05, 0) is 30.9 Å². The molecule has 2 aromatic rings. The number of hydrogen-bond acceptors (Lipinski definition) is 2. The average Bonchev–Trinajstić information content (AvgIpc) is 2.75. The summed E-state index contributed by atoms with van der Waals surface area (Å²) >= 11 is 0. The Morgan fingerprint density at radius 1 is 1.33 bits per heavy atom. The largest absolute Gasteiger partial charge is 0.480 e. The highest BCUT2D eigenvalue weighted by atomic mass is 16.4. The zero-order valence-corrected chi connectivity index (χ0v) is 12.5. The van der Waals surface area contributed by atoms with E-state index in [1.165, 1.54) is 4.90 Å². The van der Waals surface area contributed by atoms with Crippen LogP contribution in [-0.4, -0.2) is 39.5 Å². The van der Waals surface area contributed by atoms with Crippen molar-refractivity contribution in [2.24, 2.45) is 0 Å². The van der Waals surface area contributed by atoms with Crippen molar-refractivity contribution in [3.05, 3.63) is 36.0 Å². The number of benzene rings is 1. The van der Waals surface area contributed by atoms with Crippen LogP contribution >= 0.6 is 0 Å². The van der Waals surface area contributed by atoms with Gasteiger partial charge in [0.15, 0.2) is 0 Å². The van der Waals surface area contributed by atoms with Gasteiger partial charge in [-0.15, -0.1) is 0 Å². The summed E-state index contributed by atoms with van der Waals surface area (Å²) in [5, 5.41) is 10.2. The fourth-order valence-corrected chi connectivity index (χ4v) is 2.59. The predicted molar refractivity (Wildman–Crippen MR) is 81.2 cm³/mol. The molecule has 0 saturated heterocycles. The van der Waals surface area contributed by atoms with Crippen LogP contribution < -0.4 is 0 Å². The zero-order chi connectivity index (χ0) is 15.6. The first-order chi connectivity index (χ1) is 9.95. The summed E-state index contributed by atoms with van der Waals surface area (Å²) in [6.07, 6.45) is 0.392. The van der Waals surface area contributed by atoms with Crippen molar-refractivity contribution in [1.82, 2.24) is 9.47 Å². The highest BCUT2D eigenvalue weighted by molar-refractivity contribution is 5.86. The van der Waals surface area contributed by atoms with Crippen LogP contribution in [0.2, 0.25) is 0 Å². The van der Waals surface area contributed by atoms with Crippen LogP contribution in [0.15, 0.2) is 30.3 Å². The second-order valence-electron chi connectivity index (χ2n) is 5.20. The summed E-state index contributed by atoms with van der Waals surface area (Å²) in [5.74, 6) is -1.17. The van der Waals surface area contributed by atoms with Gasteiger partial charge in [-0.3, -0.25) is 4.79 Å². The number of carboxylic acids is 1. The summed E-state index contributed by atoms with van der Waals surface area (Å²) in [7, 11) is 1.55. The number of carbonyl (C=O) groups is 2. The summed E-state index contributed by atoms with van der Waals surface area (Å²) in [6.45, 7) is 3.86. The molecule has 0 aliphatic heterocycles. The maximum Gasteiger partial charge on any atom is 0.326 e. The smallest absolute Gasteiger partial charge is 0.326 e. The lowest BCUT2D eigenvalue weighted by atomic mass is 10.2. The van der Waals surface area contributed by atoms with Gasteiger partial charge < -0.3 is 14.6 Å². The van der Waals surface area contributed by atoms with Crippen molar-refractivity contribution in [2.45, 2.75) is 32.9 Å². The lowest BCUT2D eigenvalue weighted by molar-refractivity contribution is -0.149. The van der Waals surface area contributed by atoms with Crippen LogP contribution in [0.1, 0.15) is 19.0 Å². The average molecular weight is 288 g/mol. The third kappa shape index (κ3) is 2.91. The Balaban J connectivity index is 2.25. The SMILES string of the molecule is CCC(C(=O)O)N(C)C(=O)Cn1c(C)cc2ccccc21. The van der Waals surface area contributed by atoms with E-state index >= 15 is 0 Å². The highest BCUT2D eigenvalue weighted by Crippen LogP contribution is 2.19. The molecule has 1 heterocycles. The monoisotopic (exact) mass is 288 g/mol. The Kier molecular flexibility index (Phi) is 4.31. The van der Waals surface area contributed by atoms with Crippen LogP contribution in [0.25, 0.3) is 10.9 Å². The van der Waals surface area contributed by atoms with Gasteiger partial charge in [0.2, 0.25) is 5.91 Å². The molecule has 1 aromatic heterocycles. The Bertz CT molecular complexity index is 675. The number of fused-ring (bicyclic) bond motifs is 1. The van der Waals surface area contributed by atoms with Crippen LogP contribution in [-0.2, 0) is 16.1 Å². The van der Waals surface area contributed by atoms with Crippen molar-refractivity contribution in [3.63, 3.8) is 0 Å². The molecule has 0 aliphatic rings. The van der Waals surface area contributed by atoms with E-state index in [9.17, 15) is 9.59 Å². The fraction of sp³-hybridized carbons (Fsp3) is 0.375. The van der Waals surface area contributed by atoms with Crippen molar-refractivity contribution in [2.75, 3.05) is 7.05 Å². The molecule has 5 heteroatoms. The summed E-state index contributed by atoms with van der Waals surface area (Å²) in [4.78, 5) is 24.8. The number of para-hydroxylation sites is 1. The molecule has 0 saturated carbocycles. The standard InChI is InChI=1S/C16H20N2O3/c1-4-13(16(20)21)17(3)15(19)10-18-11(2)9-12-7-5-6-8-14(12)18/h5-9,13H,4,10H2,1-3H3,(H,20,21). The van der Waals surface area contributed by atoms with E-state index in [1.807, 2.05) is 41.8 Å². The topological polar surface area (TPSA) is 62.5 Å². The van der Waals surface area contributed by atoms with Crippen LogP contribution in [0.3, 0.4) is 0 Å². The number of amides is 1. The van der Waals surface area contributed by atoms with Gasteiger partial charge in [0.1, 0.15) is 12.6 Å². The molecule has 0 spiro atoms. The van der Waals surface area contributed by atoms with Crippen molar-refractivity contribution < 1.29 is 14.7 Å². The number of hydrogen-bond donors (Lipinski definition) is 1. The normalized spacial score (nSPS) is 12.3. The third-order valence-electron chi connectivity index (χ3n) is 3.84. The van der Waals surface area contributed by atoms with Crippen molar-refractivity contribution in [3.8, 4) is 0 Å². The van der Waals surface area contributed by atoms with E-state index in [-0.39, 0.29) is 12.5 Å². The molecule has 2 rings (SSSR count). The number of carbonyl (C=O) groups excluding carboxylic acids is 1. The second kappa shape index (κ2) is 5.99. The summed E-state index contributed by atoms with van der Waals surface area (Å²) < 4.78 is 1.92. The van der Waals surface area contributed by atoms with Gasteiger partial charge in [-0.2, -0.15) is 0 Å². The molecule has 0 radical (unpaired) electrons. The summed E-state index contributed by atoms with van der Waals surface area (Å²) in [6, 6.07) is 9.09. The van der Waals surface area contributed by atoms with Crippen LogP contribution in [0, 0.1) is 6.92 Å². The molecule has 1 atom stereocenters. The van der Waals surface area contributed by atoms with E-state index in [4.69, 9.17) is 5.11 Å². The molecule has 0 aliphatic carbocycles. The van der Waals surface area contributed by atoms with E-state index in [0.29, 0.717) is 6.42 Å². The number of aromatic nitrogens is 1. The minimum atomic E-state index is -0.970. The third-order valence-corrected chi connectivity index (χ3v) is 3.84. The summed E-state index contributed by atoms with van der Waals surface area (Å²) in [5.41, 5.74) is 1.97. The Morgan fingerprint density at radius 2 is 2.00 bits per heavy atom. The number of likely N-dealkylation sites (N-methyl/N-ethyl adjacent to an activating group) is 1. The highest BCUT2D eigenvalue weighted by Gasteiger charge is 2.25. The molecule has 0 bridgehead atoms. The minimum Gasteiger partial charge on any atom is -0.480 e. The number of nitrogens with zero attached hydrogens (tertiary/aromatic N) is 2. The Hall–Kier alpha value is -2.30. The van der Waals surface area contributed by atoms with Gasteiger partial charge >= 0.3 is 5.97 Å². The van der Waals surface area contributed by atoms with Gasteiger partial charge in [-0.1, -0.05) is 25.1 Å². The van der Waals surface area contributed by atoms with Crippen molar-refractivity contribution in [1.29, 1.82) is 0 Å². The molecule has 1 amide bonds. The molecule has 112 valence electrons. The Labute approximate surface area is 123 Å². The maximum absolute atomic E-state index is 12.4. The first-order valence-electron chi connectivity index (χ1n) is 6.99. The van der Waals surface area contributed by atoms with E-state index in [2.05, 4.69) is 0 Å². The van der Waals surface area contributed by atoms with Crippen LogP contribution in [0.4, 0.5) is 0 Å². The molecule has 5 nitrogen and oxygen atoms in total. The number of aliphatic carboxylic acids is 1. The predicted octanol–water partition coefficient (Wildman–Crippen LogP) is 2.27. The minimum absolute atomic E-state index is 0.152. The van der Waals surface area contributed by atoms with Gasteiger partial charge in [-0.25, -0.2) is 4.79 Å².